The molecule has 0 saturated heterocycles. The number of hydrogen-bond acceptors (Lipinski definition) is 2. The van der Waals surface area contributed by atoms with Gasteiger partial charge in [-0.05, 0) is 31.0 Å². The van der Waals surface area contributed by atoms with Gasteiger partial charge in [0.1, 0.15) is 6.29 Å². The first kappa shape index (κ1) is 13.2. The molecule has 3 heteroatoms. The van der Waals surface area contributed by atoms with E-state index in [0.29, 0.717) is 5.92 Å². The lowest BCUT2D eigenvalue weighted by Gasteiger charge is -2.33. The van der Waals surface area contributed by atoms with Gasteiger partial charge >= 0.3 is 0 Å². The third kappa shape index (κ3) is 3.30. The lowest BCUT2D eigenvalue weighted by molar-refractivity contribution is -0.0687. The van der Waals surface area contributed by atoms with Crippen LogP contribution in [0.15, 0.2) is 0 Å². The zero-order chi connectivity index (χ0) is 11.3. The molecule has 0 amide bonds. The molecule has 1 fully saturated rings. The zero-order valence-corrected chi connectivity index (χ0v) is 11.5. The highest BCUT2D eigenvalue weighted by Crippen LogP contribution is 2.32. The quantitative estimate of drug-likeness (QED) is 0.559. The van der Waals surface area contributed by atoms with E-state index in [9.17, 15) is 5.11 Å². The van der Waals surface area contributed by atoms with Gasteiger partial charge in [0, 0.05) is 5.92 Å². The van der Waals surface area contributed by atoms with E-state index in [1.165, 1.54) is 12.8 Å². The molecule has 0 radical (unpaired) electrons. The average molecular weight is 230 g/mol. The van der Waals surface area contributed by atoms with E-state index in [2.05, 4.69) is 20.8 Å². The van der Waals surface area contributed by atoms with Crippen LogP contribution in [-0.4, -0.2) is 19.7 Å². The van der Waals surface area contributed by atoms with Gasteiger partial charge in [-0.25, -0.2) is 0 Å². The van der Waals surface area contributed by atoms with E-state index >= 15 is 0 Å². The molecule has 0 bridgehead atoms. The zero-order valence-electron chi connectivity index (χ0n) is 10.5. The molecular formula is C12H26O2Si. The van der Waals surface area contributed by atoms with Crippen molar-refractivity contribution in [1.29, 1.82) is 0 Å². The van der Waals surface area contributed by atoms with Gasteiger partial charge in [0.15, 0.2) is 8.32 Å². The topological polar surface area (TPSA) is 29.5 Å². The van der Waals surface area contributed by atoms with Crippen LogP contribution in [0.2, 0.25) is 18.1 Å². The predicted octanol–water partition coefficient (Wildman–Crippen LogP) is 3.52. The van der Waals surface area contributed by atoms with E-state index in [1.807, 2.05) is 0 Å². The van der Waals surface area contributed by atoms with Gasteiger partial charge < -0.3 is 9.53 Å². The number of hydrogen-bond donors (Lipinski definition) is 1. The van der Waals surface area contributed by atoms with Crippen molar-refractivity contribution in [3.8, 4) is 0 Å². The molecule has 15 heavy (non-hydrogen) atoms. The SMILES string of the molecule is CC[Si](CC)(CC)OC(O)C1CCCC1. The maximum atomic E-state index is 10.1. The molecule has 90 valence electrons. The summed E-state index contributed by atoms with van der Waals surface area (Å²) in [6.07, 6.45) is 4.37. The van der Waals surface area contributed by atoms with Gasteiger partial charge in [-0.1, -0.05) is 33.6 Å². The third-order valence-electron chi connectivity index (χ3n) is 4.11. The van der Waals surface area contributed by atoms with Gasteiger partial charge in [-0.2, -0.15) is 0 Å². The van der Waals surface area contributed by atoms with Crippen molar-refractivity contribution in [2.45, 2.75) is 70.9 Å². The number of aliphatic hydroxyl groups excluding tert-OH is 1. The highest BCUT2D eigenvalue weighted by Gasteiger charge is 2.34. The van der Waals surface area contributed by atoms with Gasteiger partial charge in [-0.15, -0.1) is 0 Å². The lowest BCUT2D eigenvalue weighted by atomic mass is 10.1. The molecule has 0 aromatic heterocycles. The summed E-state index contributed by atoms with van der Waals surface area (Å²) in [6.45, 7) is 6.63. The second-order valence-electron chi connectivity index (χ2n) is 4.80. The van der Waals surface area contributed by atoms with E-state index in [0.717, 1.165) is 31.0 Å². The van der Waals surface area contributed by atoms with E-state index in [4.69, 9.17) is 4.43 Å². The van der Waals surface area contributed by atoms with E-state index in [1.54, 1.807) is 0 Å². The van der Waals surface area contributed by atoms with Gasteiger partial charge in [0.25, 0.3) is 0 Å². The minimum Gasteiger partial charge on any atom is -0.392 e. The molecule has 0 aromatic rings. The van der Waals surface area contributed by atoms with Crippen molar-refractivity contribution in [2.75, 3.05) is 0 Å². The van der Waals surface area contributed by atoms with E-state index < -0.39 is 14.6 Å². The Balaban J connectivity index is 2.49. The standard InChI is InChI=1S/C12H26O2Si/c1-4-15(5-2,6-3)14-12(13)11-9-7-8-10-11/h11-13H,4-10H2,1-3H3. The average Bonchev–Trinajstić information content (AvgIpc) is 2.79. The van der Waals surface area contributed by atoms with Gasteiger partial charge in [-0.3, -0.25) is 0 Å². The lowest BCUT2D eigenvalue weighted by Crippen LogP contribution is -2.42. The summed E-state index contributed by atoms with van der Waals surface area (Å²) in [4.78, 5) is 0. The minimum absolute atomic E-state index is 0.418. The van der Waals surface area contributed by atoms with Crippen LogP contribution in [0.5, 0.6) is 0 Å². The van der Waals surface area contributed by atoms with Crippen molar-refractivity contribution in [1.82, 2.24) is 0 Å². The molecule has 1 aliphatic carbocycles. The van der Waals surface area contributed by atoms with Crippen LogP contribution in [0.3, 0.4) is 0 Å². The molecule has 0 aliphatic heterocycles. The smallest absolute Gasteiger partial charge is 0.195 e. The molecule has 1 saturated carbocycles. The second-order valence-corrected chi connectivity index (χ2v) is 9.52. The Morgan fingerprint density at radius 1 is 1.13 bits per heavy atom. The van der Waals surface area contributed by atoms with Crippen LogP contribution in [0, 0.1) is 5.92 Å². The highest BCUT2D eigenvalue weighted by atomic mass is 28.4. The van der Waals surface area contributed by atoms with Crippen molar-refractivity contribution in [2.24, 2.45) is 5.92 Å². The molecule has 1 N–H and O–H groups in total. The summed E-state index contributed by atoms with van der Waals surface area (Å²) in [5.74, 6) is 0.418. The van der Waals surface area contributed by atoms with Crippen LogP contribution in [0.25, 0.3) is 0 Å². The first-order valence-electron chi connectivity index (χ1n) is 6.53. The Kier molecular flexibility index (Phi) is 5.30. The second kappa shape index (κ2) is 6.02. The van der Waals surface area contributed by atoms with Crippen LogP contribution in [0.4, 0.5) is 0 Å². The van der Waals surface area contributed by atoms with E-state index in [-0.39, 0.29) is 0 Å². The molecule has 0 spiro atoms. The Labute approximate surface area is 95.2 Å². The monoisotopic (exact) mass is 230 g/mol. The Morgan fingerprint density at radius 2 is 1.60 bits per heavy atom. The Morgan fingerprint density at radius 3 is 2.00 bits per heavy atom. The largest absolute Gasteiger partial charge is 0.392 e. The van der Waals surface area contributed by atoms with Crippen molar-refractivity contribution >= 4 is 8.32 Å². The summed E-state index contributed by atoms with van der Waals surface area (Å²) in [6, 6.07) is 3.39. The minimum atomic E-state index is -1.60. The summed E-state index contributed by atoms with van der Waals surface area (Å²) < 4.78 is 6.06. The molecule has 1 atom stereocenters. The predicted molar refractivity (Wildman–Crippen MR) is 66.2 cm³/mol. The van der Waals surface area contributed by atoms with Crippen molar-refractivity contribution in [3.63, 3.8) is 0 Å². The van der Waals surface area contributed by atoms with Crippen molar-refractivity contribution < 1.29 is 9.53 Å². The fraction of sp³-hybridized carbons (Fsp3) is 1.00. The number of rotatable bonds is 6. The fourth-order valence-electron chi connectivity index (χ4n) is 2.59. The molecular weight excluding hydrogens is 204 g/mol. The summed E-state index contributed by atoms with van der Waals surface area (Å²) in [5, 5.41) is 10.1. The van der Waals surface area contributed by atoms with Crippen LogP contribution < -0.4 is 0 Å². The normalized spacial score (nSPS) is 20.8. The molecule has 2 nitrogen and oxygen atoms in total. The molecule has 1 aliphatic rings. The molecule has 0 aromatic carbocycles. The van der Waals surface area contributed by atoms with Gasteiger partial charge in [0.2, 0.25) is 0 Å². The Hall–Kier alpha value is 0.137. The van der Waals surface area contributed by atoms with Crippen LogP contribution in [-0.2, 0) is 4.43 Å². The molecule has 1 unspecified atom stereocenters. The third-order valence-corrected chi connectivity index (χ3v) is 8.71. The molecule has 0 heterocycles. The highest BCUT2D eigenvalue weighted by molar-refractivity contribution is 6.73. The first-order chi connectivity index (χ1) is 7.17. The Bertz CT molecular complexity index is 166. The molecule has 1 rings (SSSR count). The van der Waals surface area contributed by atoms with Crippen LogP contribution >= 0.6 is 0 Å². The maximum Gasteiger partial charge on any atom is 0.195 e. The summed E-state index contributed by atoms with van der Waals surface area (Å²) >= 11 is 0. The summed E-state index contributed by atoms with van der Waals surface area (Å²) in [5.41, 5.74) is 0. The summed E-state index contributed by atoms with van der Waals surface area (Å²) in [7, 11) is -1.60. The number of aliphatic hydroxyl groups is 1. The maximum absolute atomic E-state index is 10.1. The fourth-order valence-corrected chi connectivity index (χ4v) is 5.30. The van der Waals surface area contributed by atoms with Crippen LogP contribution in [0.1, 0.15) is 46.5 Å². The first-order valence-corrected chi connectivity index (χ1v) is 9.06. The van der Waals surface area contributed by atoms with Crippen molar-refractivity contribution in [3.05, 3.63) is 0 Å². The van der Waals surface area contributed by atoms with Gasteiger partial charge in [0.05, 0.1) is 0 Å².